The van der Waals surface area contributed by atoms with Gasteiger partial charge in [0.25, 0.3) is 0 Å². The first-order valence-electron chi connectivity index (χ1n) is 21.2. The van der Waals surface area contributed by atoms with Crippen LogP contribution in [0.25, 0.3) is 11.4 Å². The van der Waals surface area contributed by atoms with Crippen molar-refractivity contribution in [1.29, 1.82) is 0 Å². The Hall–Kier alpha value is -5.59. The van der Waals surface area contributed by atoms with Gasteiger partial charge in [-0.05, 0) is 102 Å². The Kier molecular flexibility index (Phi) is 13.4. The van der Waals surface area contributed by atoms with Gasteiger partial charge in [0, 0.05) is 41.5 Å². The van der Waals surface area contributed by atoms with E-state index in [1.807, 2.05) is 39.8 Å². The average molecular weight is 933 g/mol. The summed E-state index contributed by atoms with van der Waals surface area (Å²) >= 11 is -3.98. The van der Waals surface area contributed by atoms with Gasteiger partial charge < -0.3 is 18.0 Å². The maximum Gasteiger partial charge on any atom is 0.418 e. The Morgan fingerprint density at radius 3 is 1.98 bits per heavy atom. The summed E-state index contributed by atoms with van der Waals surface area (Å²) in [6.07, 6.45) is -3.66. The number of hydrogen-bond donors (Lipinski definition) is 2. The molecule has 1 saturated heterocycles. The number of alkyl halides is 3. The molecule has 2 aliphatic heterocycles. The number of morpholine rings is 1. The third-order valence-corrected chi connectivity index (χ3v) is 12.3. The number of rotatable bonds is 13. The third-order valence-electron chi connectivity index (χ3n) is 10.8. The molecule has 4 aromatic carbocycles. The van der Waals surface area contributed by atoms with E-state index in [4.69, 9.17) is 23.1 Å². The first kappa shape index (κ1) is 47.4. The topological polar surface area (TPSA) is 145 Å². The molecular formula is C47H55F3N8O5S2. The molecule has 0 radical (unpaired) electrons. The number of aryl methyl sites for hydroxylation is 2. The number of halogens is 3. The van der Waals surface area contributed by atoms with E-state index in [1.165, 1.54) is 10.9 Å². The largest absolute Gasteiger partial charge is 0.418 e. The minimum absolute atomic E-state index is 0.0839. The van der Waals surface area contributed by atoms with Crippen molar-refractivity contribution in [3.05, 3.63) is 107 Å². The predicted molar refractivity (Wildman–Crippen MR) is 253 cm³/mol. The van der Waals surface area contributed by atoms with Gasteiger partial charge in [0.1, 0.15) is 17.2 Å². The molecule has 1 fully saturated rings. The number of fused-ring (bicyclic) bond motifs is 1. The molecule has 0 aliphatic carbocycles. The molecular weight excluding hydrogens is 878 g/mol. The normalized spacial score (nSPS) is 16.2. The van der Waals surface area contributed by atoms with E-state index in [1.54, 1.807) is 60.4 Å². The lowest BCUT2D eigenvalue weighted by atomic mass is 9.72. The number of aromatic nitrogens is 3. The fourth-order valence-corrected chi connectivity index (χ4v) is 9.32. The fraction of sp³-hybridized carbons (Fsp3) is 0.404. The van der Waals surface area contributed by atoms with Crippen molar-refractivity contribution >= 4 is 56.7 Å². The van der Waals surface area contributed by atoms with Gasteiger partial charge in [-0.2, -0.15) is 26.7 Å². The molecule has 2 N–H and O–H groups in total. The van der Waals surface area contributed by atoms with Crippen LogP contribution in [0.4, 0.5) is 35.9 Å². The zero-order valence-corrected chi connectivity index (χ0v) is 39.8. The summed E-state index contributed by atoms with van der Waals surface area (Å²) in [5.41, 5.74) is 3.85. The Bertz CT molecular complexity index is 2680. The maximum atomic E-state index is 14.4. The van der Waals surface area contributed by atoms with E-state index in [0.717, 1.165) is 23.6 Å². The second kappa shape index (κ2) is 18.4. The highest BCUT2D eigenvalue weighted by atomic mass is 32.2. The quantitative estimate of drug-likeness (QED) is 0.119. The van der Waals surface area contributed by atoms with Crippen molar-refractivity contribution < 1.29 is 34.7 Å². The van der Waals surface area contributed by atoms with E-state index in [-0.39, 0.29) is 28.0 Å². The second-order valence-electron chi connectivity index (χ2n) is 19.1. The number of benzene rings is 4. The highest BCUT2D eigenvalue weighted by Gasteiger charge is 2.38. The summed E-state index contributed by atoms with van der Waals surface area (Å²) in [6.45, 7) is 21.9. The van der Waals surface area contributed by atoms with Gasteiger partial charge in [0.05, 0.1) is 35.9 Å². The van der Waals surface area contributed by atoms with Gasteiger partial charge >= 0.3 is 28.7 Å². The van der Waals surface area contributed by atoms with Gasteiger partial charge in [-0.1, -0.05) is 73.6 Å². The summed E-state index contributed by atoms with van der Waals surface area (Å²) in [5, 5.41) is 9.25. The number of ether oxygens (including phenoxy) is 1. The van der Waals surface area contributed by atoms with Crippen molar-refractivity contribution in [2.45, 2.75) is 87.2 Å². The monoisotopic (exact) mass is 932 g/mol. The molecule has 346 valence electrons. The van der Waals surface area contributed by atoms with Crippen molar-refractivity contribution in [1.82, 2.24) is 14.9 Å². The van der Waals surface area contributed by atoms with E-state index >= 15 is 0 Å². The molecule has 0 amide bonds. The molecule has 2 aliphatic rings. The number of anilines is 3. The van der Waals surface area contributed by atoms with Crippen LogP contribution in [0.2, 0.25) is 0 Å². The minimum Gasteiger partial charge on any atom is -0.385 e. The van der Waals surface area contributed by atoms with E-state index in [0.29, 0.717) is 77.6 Å². The third kappa shape index (κ3) is 11.4. The molecule has 0 spiro atoms. The maximum absolute atomic E-state index is 14.4. The number of hydrogen-bond acceptors (Lipinski definition) is 10. The predicted octanol–water partition coefficient (Wildman–Crippen LogP) is 10.7. The molecule has 0 bridgehead atoms. The number of aliphatic imine (C=N–C) groups is 1. The Labute approximate surface area is 383 Å². The van der Waals surface area contributed by atoms with Crippen LogP contribution in [0.1, 0.15) is 89.9 Å². The summed E-state index contributed by atoms with van der Waals surface area (Å²) < 4.78 is 92.3. The van der Waals surface area contributed by atoms with Gasteiger partial charge in [-0.15, -0.1) is 9.89 Å². The minimum atomic E-state index is -4.61. The van der Waals surface area contributed by atoms with Crippen LogP contribution in [0.3, 0.4) is 0 Å². The highest BCUT2D eigenvalue weighted by Crippen LogP contribution is 2.41. The summed E-state index contributed by atoms with van der Waals surface area (Å²) in [7, 11) is 0. The lowest BCUT2D eigenvalue weighted by Gasteiger charge is -2.33. The summed E-state index contributed by atoms with van der Waals surface area (Å²) in [6, 6.07) is 22.0. The zero-order chi connectivity index (χ0) is 47.1. The molecule has 65 heavy (non-hydrogen) atoms. The van der Waals surface area contributed by atoms with Crippen LogP contribution in [0.5, 0.6) is 11.5 Å². The molecule has 13 nitrogen and oxygen atoms in total. The van der Waals surface area contributed by atoms with Crippen molar-refractivity contribution in [3.8, 4) is 22.9 Å². The van der Waals surface area contributed by atoms with E-state index in [2.05, 4.69) is 60.3 Å². The highest BCUT2D eigenvalue weighted by molar-refractivity contribution is 7.82. The van der Waals surface area contributed by atoms with Gasteiger partial charge in [-0.3, -0.25) is 9.44 Å². The number of nitrogens with zero attached hydrogens (tertiary/aromatic N) is 6. The Morgan fingerprint density at radius 1 is 0.769 bits per heavy atom. The first-order chi connectivity index (χ1) is 30.4. The fourth-order valence-electron chi connectivity index (χ4n) is 7.91. The van der Waals surface area contributed by atoms with Gasteiger partial charge in [0.15, 0.2) is 5.82 Å². The van der Waals surface area contributed by atoms with Crippen LogP contribution in [-0.2, 0) is 38.9 Å². The van der Waals surface area contributed by atoms with E-state index < -0.39 is 39.7 Å². The second-order valence-corrected chi connectivity index (χ2v) is 20.8. The Balaban J connectivity index is 1.02. The molecule has 2 atom stereocenters. The van der Waals surface area contributed by atoms with Gasteiger partial charge in [-0.25, -0.2) is 9.98 Å². The lowest BCUT2D eigenvalue weighted by Crippen LogP contribution is -2.37. The molecule has 0 saturated carbocycles. The lowest BCUT2D eigenvalue weighted by molar-refractivity contribution is -0.137. The number of nitrogens with one attached hydrogen (secondary N) is 2. The van der Waals surface area contributed by atoms with Crippen molar-refractivity contribution in [2.75, 3.05) is 40.6 Å². The molecule has 5 aromatic rings. The van der Waals surface area contributed by atoms with Crippen molar-refractivity contribution in [3.63, 3.8) is 0 Å². The van der Waals surface area contributed by atoms with Crippen molar-refractivity contribution in [2.24, 2.45) is 20.9 Å². The van der Waals surface area contributed by atoms with Crippen LogP contribution < -0.4 is 22.7 Å². The SMILES string of the molecule is Cc1ccc(NS(=O)Oc2cc(C(C)(C)CC(C)(C)C)ccc2C)cc1OS(=O)Nc1ccc(-c2nc3n(n2)N=C(C(C)(C)C)C3=Nc2ccc(N3CCOCC3)c(C(F)(F)F)c2)cc1. The average Bonchev–Trinajstić information content (AvgIpc) is 3.79. The van der Waals surface area contributed by atoms with Crippen LogP contribution in [0, 0.1) is 24.7 Å². The molecule has 1 aromatic heterocycles. The Morgan fingerprint density at radius 2 is 1.37 bits per heavy atom. The summed E-state index contributed by atoms with van der Waals surface area (Å²) in [4.78, 5) is 12.4. The van der Waals surface area contributed by atoms with Crippen LogP contribution in [-0.4, -0.2) is 61.0 Å². The molecule has 3 heterocycles. The zero-order valence-electron chi connectivity index (χ0n) is 38.2. The first-order valence-corrected chi connectivity index (χ1v) is 23.3. The smallest absolute Gasteiger partial charge is 0.385 e. The van der Waals surface area contributed by atoms with Crippen LogP contribution in [0.15, 0.2) is 89.0 Å². The standard InChI is InChI=1S/C47H55F3N8O5S2/c1-29-11-15-32(46(9,10)28-44(3,4)5)25-38(29)62-65(60)56-35-16-12-30(2)39(27-35)63-64(59)55-33-17-13-31(14-18-33)42-52-43-40(41(45(6,7)8)53-58(43)54-42)51-34-19-20-37(36(26-34)47(48,49)50)57-21-23-61-24-22-57/h11-20,25-27,55-56H,21-24,28H2,1-10H3. The molecule has 18 heteroatoms. The van der Waals surface area contributed by atoms with Crippen LogP contribution >= 0.6 is 0 Å². The molecule has 2 unspecified atom stereocenters. The van der Waals surface area contributed by atoms with Gasteiger partial charge in [0.2, 0.25) is 5.82 Å². The van der Waals surface area contributed by atoms with E-state index in [9.17, 15) is 21.6 Å². The molecule has 7 rings (SSSR count). The summed E-state index contributed by atoms with van der Waals surface area (Å²) in [5.74, 6) is 1.40.